The van der Waals surface area contributed by atoms with E-state index >= 15 is 0 Å². The topological polar surface area (TPSA) is 38.3 Å². The van der Waals surface area contributed by atoms with Crippen LogP contribution in [0.2, 0.25) is 0 Å². The maximum atomic E-state index is 11.4. The third-order valence-electron chi connectivity index (χ3n) is 2.37. The van der Waals surface area contributed by atoms with Crippen LogP contribution in [0.4, 0.5) is 0 Å². The van der Waals surface area contributed by atoms with Crippen molar-refractivity contribution in [2.45, 2.75) is 59.8 Å². The monoisotopic (exact) mass is 243 g/mol. The van der Waals surface area contributed by atoms with E-state index in [-0.39, 0.29) is 17.9 Å². The zero-order chi connectivity index (χ0) is 13.1. The first-order valence-corrected chi connectivity index (χ1v) is 6.80. The fourth-order valence-electron chi connectivity index (χ4n) is 1.46. The molecule has 17 heavy (non-hydrogen) atoms. The first-order valence-electron chi connectivity index (χ1n) is 6.80. The number of amides is 1. The van der Waals surface area contributed by atoms with Gasteiger partial charge in [-0.15, -0.1) is 0 Å². The zero-order valence-electron chi connectivity index (χ0n) is 12.0. The highest BCUT2D eigenvalue weighted by Gasteiger charge is 2.11. The van der Waals surface area contributed by atoms with Crippen molar-refractivity contribution in [2.24, 2.45) is 5.41 Å². The molecule has 0 saturated carbocycles. The zero-order valence-corrected chi connectivity index (χ0v) is 12.0. The Balaban J connectivity index is 3.29. The summed E-state index contributed by atoms with van der Waals surface area (Å²) in [7, 11) is 0. The quantitative estimate of drug-likeness (QED) is 0.632. The summed E-state index contributed by atoms with van der Waals surface area (Å²) in [5.74, 6) is 0.00439. The Morgan fingerprint density at radius 1 is 1.12 bits per heavy atom. The summed E-state index contributed by atoms with van der Waals surface area (Å²) < 4.78 is 5.34. The van der Waals surface area contributed by atoms with Gasteiger partial charge in [0.15, 0.2) is 0 Å². The van der Waals surface area contributed by atoms with E-state index in [1.807, 2.05) is 0 Å². The van der Waals surface area contributed by atoms with Crippen LogP contribution in [0.1, 0.15) is 59.8 Å². The Bertz CT molecular complexity index is 197. The van der Waals surface area contributed by atoms with Gasteiger partial charge in [0.25, 0.3) is 0 Å². The fourth-order valence-corrected chi connectivity index (χ4v) is 1.46. The summed E-state index contributed by atoms with van der Waals surface area (Å²) in [5.41, 5.74) is 0.125. The Kier molecular flexibility index (Phi) is 9.14. The molecule has 3 heteroatoms. The summed E-state index contributed by atoms with van der Waals surface area (Å²) in [5, 5.41) is 2.88. The fraction of sp³-hybridized carbons (Fsp3) is 0.929. The normalized spacial score (nSPS) is 11.5. The number of hydrogen-bond donors (Lipinski definition) is 1. The maximum absolute atomic E-state index is 11.4. The van der Waals surface area contributed by atoms with Gasteiger partial charge in [0.2, 0.25) is 5.91 Å². The lowest BCUT2D eigenvalue weighted by Crippen LogP contribution is -2.30. The lowest BCUT2D eigenvalue weighted by atomic mass is 9.99. The summed E-state index contributed by atoms with van der Waals surface area (Å²) in [6.07, 6.45) is 6.10. The lowest BCUT2D eigenvalue weighted by Gasteiger charge is -2.17. The largest absolute Gasteiger partial charge is 0.371 e. The molecule has 0 aromatic carbocycles. The second-order valence-electron chi connectivity index (χ2n) is 5.82. The molecule has 0 aliphatic carbocycles. The Morgan fingerprint density at radius 3 is 2.35 bits per heavy atom. The summed E-state index contributed by atoms with van der Waals surface area (Å²) in [6.45, 7) is 10.1. The van der Waals surface area contributed by atoms with E-state index < -0.39 is 0 Å². The van der Waals surface area contributed by atoms with Gasteiger partial charge in [-0.05, 0) is 11.8 Å². The van der Waals surface area contributed by atoms with Crippen LogP contribution >= 0.6 is 0 Å². The molecule has 0 aliphatic heterocycles. The lowest BCUT2D eigenvalue weighted by molar-refractivity contribution is -0.126. The highest BCUT2D eigenvalue weighted by atomic mass is 16.5. The summed E-state index contributed by atoms with van der Waals surface area (Å²) in [6, 6.07) is 0. The molecule has 0 aliphatic rings. The third kappa shape index (κ3) is 13.4. The van der Waals surface area contributed by atoms with Crippen molar-refractivity contribution in [3.63, 3.8) is 0 Å². The van der Waals surface area contributed by atoms with Crippen LogP contribution in [-0.4, -0.2) is 25.7 Å². The average molecular weight is 243 g/mol. The van der Waals surface area contributed by atoms with Gasteiger partial charge in [0, 0.05) is 6.54 Å². The molecule has 0 fully saturated rings. The predicted octanol–water partition coefficient (Wildman–Crippen LogP) is 3.14. The maximum Gasteiger partial charge on any atom is 0.245 e. The highest BCUT2D eigenvalue weighted by Crippen LogP contribution is 2.12. The van der Waals surface area contributed by atoms with Gasteiger partial charge in [0.1, 0.15) is 6.61 Å². The van der Waals surface area contributed by atoms with E-state index in [2.05, 4.69) is 33.0 Å². The molecule has 0 radical (unpaired) electrons. The van der Waals surface area contributed by atoms with E-state index in [9.17, 15) is 4.79 Å². The van der Waals surface area contributed by atoms with Gasteiger partial charge in [-0.1, -0.05) is 53.4 Å². The molecule has 3 nitrogen and oxygen atoms in total. The van der Waals surface area contributed by atoms with E-state index in [4.69, 9.17) is 4.74 Å². The minimum Gasteiger partial charge on any atom is -0.371 e. The number of carbonyl (C=O) groups excluding carboxylic acids is 1. The third-order valence-corrected chi connectivity index (χ3v) is 2.37. The molecular weight excluding hydrogens is 214 g/mol. The Morgan fingerprint density at radius 2 is 1.76 bits per heavy atom. The highest BCUT2D eigenvalue weighted by molar-refractivity contribution is 5.77. The number of unbranched alkanes of at least 4 members (excludes halogenated alkanes) is 4. The molecular formula is C14H29NO2. The molecule has 1 amide bonds. The summed E-state index contributed by atoms with van der Waals surface area (Å²) in [4.78, 5) is 11.4. The standard InChI is InChI=1S/C14H29NO2/c1-5-6-7-8-9-10-15-13(16)11-17-12-14(2,3)4/h5-12H2,1-4H3,(H,15,16). The molecule has 0 aromatic rings. The molecule has 1 N–H and O–H groups in total. The number of ether oxygens (including phenoxy) is 1. The smallest absolute Gasteiger partial charge is 0.245 e. The van der Waals surface area contributed by atoms with Crippen molar-refractivity contribution in [1.29, 1.82) is 0 Å². The van der Waals surface area contributed by atoms with Crippen molar-refractivity contribution < 1.29 is 9.53 Å². The first kappa shape index (κ1) is 16.4. The molecule has 0 bridgehead atoms. The second kappa shape index (κ2) is 9.46. The number of rotatable bonds is 9. The Labute approximate surface area is 106 Å². The molecule has 102 valence electrons. The van der Waals surface area contributed by atoms with Crippen LogP contribution in [0.5, 0.6) is 0 Å². The number of hydrogen-bond acceptors (Lipinski definition) is 2. The minimum atomic E-state index is 0.00439. The predicted molar refractivity (Wildman–Crippen MR) is 72.0 cm³/mol. The molecule has 0 unspecified atom stereocenters. The van der Waals surface area contributed by atoms with Crippen molar-refractivity contribution in [2.75, 3.05) is 19.8 Å². The van der Waals surface area contributed by atoms with Gasteiger partial charge < -0.3 is 10.1 Å². The van der Waals surface area contributed by atoms with Gasteiger partial charge in [-0.3, -0.25) is 4.79 Å². The van der Waals surface area contributed by atoms with E-state index in [0.29, 0.717) is 6.61 Å². The van der Waals surface area contributed by atoms with Crippen LogP contribution in [-0.2, 0) is 9.53 Å². The van der Waals surface area contributed by atoms with E-state index in [1.54, 1.807) is 0 Å². The Hall–Kier alpha value is -0.570. The van der Waals surface area contributed by atoms with Crippen molar-refractivity contribution in [3.05, 3.63) is 0 Å². The van der Waals surface area contributed by atoms with Gasteiger partial charge >= 0.3 is 0 Å². The van der Waals surface area contributed by atoms with Crippen molar-refractivity contribution in [3.8, 4) is 0 Å². The van der Waals surface area contributed by atoms with Gasteiger partial charge in [-0.2, -0.15) is 0 Å². The molecule has 0 rings (SSSR count). The van der Waals surface area contributed by atoms with E-state index in [0.717, 1.165) is 13.0 Å². The van der Waals surface area contributed by atoms with Crippen LogP contribution < -0.4 is 5.32 Å². The molecule has 0 saturated heterocycles. The molecule has 0 atom stereocenters. The first-order chi connectivity index (χ1) is 7.95. The van der Waals surface area contributed by atoms with Crippen molar-refractivity contribution >= 4 is 5.91 Å². The van der Waals surface area contributed by atoms with E-state index in [1.165, 1.54) is 25.7 Å². The van der Waals surface area contributed by atoms with Crippen LogP contribution in [0.3, 0.4) is 0 Å². The minimum absolute atomic E-state index is 0.00439. The molecule has 0 spiro atoms. The molecule has 0 aromatic heterocycles. The number of nitrogens with one attached hydrogen (secondary N) is 1. The van der Waals surface area contributed by atoms with Gasteiger partial charge in [-0.25, -0.2) is 0 Å². The number of carbonyl (C=O) groups is 1. The average Bonchev–Trinajstić information content (AvgIpc) is 2.21. The van der Waals surface area contributed by atoms with Crippen LogP contribution in [0, 0.1) is 5.41 Å². The summed E-state index contributed by atoms with van der Waals surface area (Å²) >= 11 is 0. The SMILES string of the molecule is CCCCCCCNC(=O)COCC(C)(C)C. The van der Waals surface area contributed by atoms with Gasteiger partial charge in [0.05, 0.1) is 6.61 Å². The second-order valence-corrected chi connectivity index (χ2v) is 5.82. The van der Waals surface area contributed by atoms with Crippen LogP contribution in [0.15, 0.2) is 0 Å². The van der Waals surface area contributed by atoms with Crippen molar-refractivity contribution in [1.82, 2.24) is 5.32 Å². The van der Waals surface area contributed by atoms with Crippen LogP contribution in [0.25, 0.3) is 0 Å². The molecule has 0 heterocycles.